The van der Waals surface area contributed by atoms with E-state index >= 15 is 0 Å². The molecule has 0 aromatic rings. The predicted molar refractivity (Wildman–Crippen MR) is 175 cm³/mol. The van der Waals surface area contributed by atoms with Crippen molar-refractivity contribution in [2.45, 2.75) is 193 Å². The molecule has 0 spiro atoms. The van der Waals surface area contributed by atoms with Gasteiger partial charge in [0.1, 0.15) is 12.6 Å². The fraction of sp³-hybridized carbons (Fsp3) is 1.00. The molecule has 0 aliphatic heterocycles. The molecule has 1 unspecified atom stereocenters. The van der Waals surface area contributed by atoms with E-state index in [1.165, 1.54) is 167 Å². The highest BCUT2D eigenvalue weighted by molar-refractivity contribution is 4.55. The minimum absolute atomic E-state index is 0. The van der Waals surface area contributed by atoms with Crippen molar-refractivity contribution in [1.29, 1.82) is 0 Å². The third-order valence-electron chi connectivity index (χ3n) is 8.52. The molecule has 244 valence electrons. The lowest BCUT2D eigenvalue weighted by atomic mass is 10.0. The van der Waals surface area contributed by atoms with E-state index in [0.29, 0.717) is 6.61 Å². The Labute approximate surface area is 260 Å². The van der Waals surface area contributed by atoms with Gasteiger partial charge in [0, 0.05) is 6.61 Å². The van der Waals surface area contributed by atoms with Gasteiger partial charge in [0.25, 0.3) is 0 Å². The first-order chi connectivity index (χ1) is 19.0. The van der Waals surface area contributed by atoms with E-state index in [4.69, 9.17) is 4.74 Å². The van der Waals surface area contributed by atoms with Crippen molar-refractivity contribution in [2.75, 3.05) is 40.4 Å². The molecule has 0 heterocycles. The molecule has 0 radical (unpaired) electrons. The summed E-state index contributed by atoms with van der Waals surface area (Å²) in [5, 5.41) is 10.5. The van der Waals surface area contributed by atoms with Crippen LogP contribution in [0.1, 0.15) is 187 Å². The van der Waals surface area contributed by atoms with E-state index in [0.717, 1.165) is 30.6 Å². The summed E-state index contributed by atoms with van der Waals surface area (Å²) >= 11 is 0. The number of nitrogens with zero attached hydrogens (tertiary/aromatic N) is 1. The Balaban J connectivity index is 0. The molecule has 0 amide bonds. The second kappa shape index (κ2) is 33.7. The summed E-state index contributed by atoms with van der Waals surface area (Å²) in [5.74, 6) is 0. The largest absolute Gasteiger partial charge is 1.00 e. The van der Waals surface area contributed by atoms with Crippen molar-refractivity contribution >= 4 is 0 Å². The smallest absolute Gasteiger partial charge is 0.126 e. The maximum absolute atomic E-state index is 10.5. The van der Waals surface area contributed by atoms with Crippen molar-refractivity contribution in [1.82, 2.24) is 0 Å². The average molecular weight is 590 g/mol. The summed E-state index contributed by atoms with van der Waals surface area (Å²) in [4.78, 5) is 0. The number of hydrogen-bond donors (Lipinski definition) is 1. The number of hydrogen-bond acceptors (Lipinski definition) is 2. The molecule has 0 aliphatic carbocycles. The second-order valence-corrected chi connectivity index (χ2v) is 13.4. The zero-order chi connectivity index (χ0) is 28.7. The van der Waals surface area contributed by atoms with Crippen molar-refractivity contribution in [3.8, 4) is 0 Å². The minimum Gasteiger partial charge on any atom is -1.00 e. The molecule has 0 bridgehead atoms. The van der Waals surface area contributed by atoms with Gasteiger partial charge in [-0.2, -0.15) is 0 Å². The summed E-state index contributed by atoms with van der Waals surface area (Å²) in [6, 6.07) is 0. The Kier molecular flexibility index (Phi) is 35.6. The van der Waals surface area contributed by atoms with Crippen molar-refractivity contribution < 1.29 is 26.7 Å². The molecule has 0 aliphatic rings. The van der Waals surface area contributed by atoms with Crippen LogP contribution in [0, 0.1) is 0 Å². The monoisotopic (exact) mass is 590 g/mol. The molecule has 1 atom stereocenters. The lowest BCUT2D eigenvalue weighted by Gasteiger charge is -2.32. The third-order valence-corrected chi connectivity index (χ3v) is 8.52. The molecule has 3 nitrogen and oxygen atoms in total. The number of unbranched alkanes of at least 4 members (excludes halogenated alkanes) is 25. The fourth-order valence-corrected chi connectivity index (χ4v) is 5.89. The van der Waals surface area contributed by atoms with Crippen LogP contribution in [-0.2, 0) is 4.74 Å². The number of aliphatic hydroxyl groups excluding tert-OH is 1. The van der Waals surface area contributed by atoms with Gasteiger partial charge in [-0.05, 0) is 19.3 Å². The van der Waals surface area contributed by atoms with Crippen molar-refractivity contribution in [3.05, 3.63) is 0 Å². The maximum Gasteiger partial charge on any atom is 0.126 e. The Morgan fingerprint density at radius 3 is 1.12 bits per heavy atom. The maximum atomic E-state index is 10.5. The van der Waals surface area contributed by atoms with E-state index in [1.54, 1.807) is 0 Å². The summed E-state index contributed by atoms with van der Waals surface area (Å²) < 4.78 is 6.70. The molecular formula is C36H76ClNO2. The normalized spacial score (nSPS) is 12.5. The van der Waals surface area contributed by atoms with Gasteiger partial charge in [0.15, 0.2) is 0 Å². The topological polar surface area (TPSA) is 29.5 Å². The highest BCUT2D eigenvalue weighted by atomic mass is 35.5. The van der Waals surface area contributed by atoms with Crippen molar-refractivity contribution in [2.24, 2.45) is 0 Å². The first-order valence-electron chi connectivity index (χ1n) is 18.1. The van der Waals surface area contributed by atoms with E-state index in [1.807, 2.05) is 0 Å². The zero-order valence-corrected chi connectivity index (χ0v) is 28.9. The van der Waals surface area contributed by atoms with Gasteiger partial charge in [-0.15, -0.1) is 0 Å². The Morgan fingerprint density at radius 2 is 0.775 bits per heavy atom. The molecule has 0 saturated carbocycles. The minimum atomic E-state index is -0.339. The van der Waals surface area contributed by atoms with Crippen LogP contribution in [0.15, 0.2) is 0 Å². The van der Waals surface area contributed by atoms with Crippen LogP contribution < -0.4 is 12.4 Å². The summed E-state index contributed by atoms with van der Waals surface area (Å²) in [5.41, 5.74) is 0. The average Bonchev–Trinajstić information content (AvgIpc) is 2.90. The highest BCUT2D eigenvalue weighted by Crippen LogP contribution is 2.15. The van der Waals surface area contributed by atoms with Crippen LogP contribution >= 0.6 is 0 Å². The van der Waals surface area contributed by atoms with Crippen LogP contribution in [0.4, 0.5) is 0 Å². The number of halogens is 1. The molecule has 0 rings (SSSR count). The highest BCUT2D eigenvalue weighted by Gasteiger charge is 2.20. The van der Waals surface area contributed by atoms with Gasteiger partial charge in [-0.1, -0.05) is 168 Å². The van der Waals surface area contributed by atoms with Gasteiger partial charge in [0.2, 0.25) is 0 Å². The first-order valence-corrected chi connectivity index (χ1v) is 18.1. The standard InChI is InChI=1S/C36H76NO2.ClH/c1-5-7-9-11-13-15-17-18-19-20-21-22-24-26-28-30-32-37(3,4)34-36(38)35-39-33-31-29-27-25-23-16-14-12-10-8-6-2;/h36,38H,5-35H2,1-4H3;1H/q+1;/p-1. The number of likely N-dealkylation sites (N-methyl/N-ethyl adjacent to an activating group) is 1. The molecule has 4 heteroatoms. The third kappa shape index (κ3) is 34.4. The van der Waals surface area contributed by atoms with Crippen LogP contribution in [0.3, 0.4) is 0 Å². The van der Waals surface area contributed by atoms with Gasteiger partial charge >= 0.3 is 0 Å². The van der Waals surface area contributed by atoms with E-state index in [2.05, 4.69) is 27.9 Å². The molecule has 0 fully saturated rings. The number of aliphatic hydroxyl groups is 1. The lowest BCUT2D eigenvalue weighted by Crippen LogP contribution is -3.00. The summed E-state index contributed by atoms with van der Waals surface area (Å²) in [6.07, 6.45) is 37.3. The summed E-state index contributed by atoms with van der Waals surface area (Å²) in [6.45, 7) is 7.85. The molecule has 0 saturated heterocycles. The van der Waals surface area contributed by atoms with Gasteiger partial charge in [-0.3, -0.25) is 0 Å². The van der Waals surface area contributed by atoms with Crippen LogP contribution in [-0.4, -0.2) is 56.1 Å². The van der Waals surface area contributed by atoms with Gasteiger partial charge in [-0.25, -0.2) is 0 Å². The molecule has 40 heavy (non-hydrogen) atoms. The zero-order valence-electron chi connectivity index (χ0n) is 28.2. The van der Waals surface area contributed by atoms with E-state index in [-0.39, 0.29) is 18.5 Å². The van der Waals surface area contributed by atoms with Crippen LogP contribution in [0.2, 0.25) is 0 Å². The van der Waals surface area contributed by atoms with Gasteiger partial charge < -0.3 is 26.7 Å². The Hall–Kier alpha value is 0.170. The van der Waals surface area contributed by atoms with Crippen molar-refractivity contribution in [3.63, 3.8) is 0 Å². The number of ether oxygens (including phenoxy) is 1. The molecule has 1 N–H and O–H groups in total. The molecule has 0 aromatic heterocycles. The number of quaternary nitrogens is 1. The number of rotatable bonds is 33. The second-order valence-electron chi connectivity index (χ2n) is 13.4. The quantitative estimate of drug-likeness (QED) is 0.0620. The Bertz CT molecular complexity index is 460. The lowest BCUT2D eigenvalue weighted by molar-refractivity contribution is -0.893. The SMILES string of the molecule is CCCCCCCCCCCCCCCCCC[N+](C)(C)CC(O)COCCCCCCCCCCCCC.[Cl-]. The Morgan fingerprint density at radius 1 is 0.475 bits per heavy atom. The van der Waals surface area contributed by atoms with E-state index in [9.17, 15) is 5.11 Å². The van der Waals surface area contributed by atoms with Gasteiger partial charge in [0.05, 0.1) is 27.2 Å². The molecule has 0 aromatic carbocycles. The fourth-order valence-electron chi connectivity index (χ4n) is 5.89. The first kappa shape index (κ1) is 42.3. The molecular weight excluding hydrogens is 514 g/mol. The predicted octanol–water partition coefficient (Wildman–Crippen LogP) is 8.02. The van der Waals surface area contributed by atoms with Crippen LogP contribution in [0.25, 0.3) is 0 Å². The van der Waals surface area contributed by atoms with E-state index < -0.39 is 0 Å². The van der Waals surface area contributed by atoms with Crippen LogP contribution in [0.5, 0.6) is 0 Å². The summed E-state index contributed by atoms with van der Waals surface area (Å²) in [7, 11) is 4.52.